The third-order valence-electron chi connectivity index (χ3n) is 5.34. The summed E-state index contributed by atoms with van der Waals surface area (Å²) in [6.07, 6.45) is 4.61. The van der Waals surface area contributed by atoms with Crippen LogP contribution in [0.3, 0.4) is 0 Å². The molecular formula is C22H24N2O3. The molecule has 0 radical (unpaired) electrons. The molecule has 140 valence electrons. The Morgan fingerprint density at radius 3 is 2.56 bits per heavy atom. The monoisotopic (exact) mass is 364 g/mol. The molecule has 2 aromatic carbocycles. The quantitative estimate of drug-likeness (QED) is 0.710. The van der Waals surface area contributed by atoms with Crippen LogP contribution < -0.4 is 14.8 Å². The molecule has 0 bridgehead atoms. The molecule has 0 spiro atoms. The highest BCUT2D eigenvalue weighted by Crippen LogP contribution is 2.34. The Balaban J connectivity index is 1.65. The third-order valence-corrected chi connectivity index (χ3v) is 5.34. The molecule has 0 fully saturated rings. The maximum absolute atomic E-state index is 12.9. The van der Waals surface area contributed by atoms with Gasteiger partial charge in [-0.1, -0.05) is 0 Å². The van der Waals surface area contributed by atoms with Crippen LogP contribution in [-0.2, 0) is 12.8 Å². The number of hydrogen-bond acceptors (Lipinski definition) is 3. The topological polar surface area (TPSA) is 63.3 Å². The zero-order chi connectivity index (χ0) is 19.0. The van der Waals surface area contributed by atoms with Gasteiger partial charge in [-0.15, -0.1) is 0 Å². The van der Waals surface area contributed by atoms with Crippen molar-refractivity contribution in [2.45, 2.75) is 32.6 Å². The fourth-order valence-electron chi connectivity index (χ4n) is 3.86. The first-order valence-electron chi connectivity index (χ1n) is 9.28. The number of aromatic amines is 1. The molecule has 2 N–H and O–H groups in total. The Morgan fingerprint density at radius 2 is 1.78 bits per heavy atom. The van der Waals surface area contributed by atoms with Gasteiger partial charge >= 0.3 is 0 Å². The lowest BCUT2D eigenvalue weighted by Gasteiger charge is -2.14. The minimum absolute atomic E-state index is 0.127. The Kier molecular flexibility index (Phi) is 4.52. The van der Waals surface area contributed by atoms with Crippen molar-refractivity contribution < 1.29 is 14.3 Å². The van der Waals surface area contributed by atoms with Crippen molar-refractivity contribution in [3.8, 4) is 11.5 Å². The first kappa shape index (κ1) is 17.5. The van der Waals surface area contributed by atoms with E-state index in [9.17, 15) is 4.79 Å². The minimum Gasteiger partial charge on any atom is -0.493 e. The maximum Gasteiger partial charge on any atom is 0.255 e. The highest BCUT2D eigenvalue weighted by atomic mass is 16.5. The van der Waals surface area contributed by atoms with Gasteiger partial charge in [0.25, 0.3) is 5.91 Å². The molecule has 1 heterocycles. The van der Waals surface area contributed by atoms with Gasteiger partial charge < -0.3 is 19.8 Å². The van der Waals surface area contributed by atoms with Gasteiger partial charge in [-0.2, -0.15) is 0 Å². The molecule has 1 aromatic heterocycles. The van der Waals surface area contributed by atoms with Crippen LogP contribution in [0, 0.1) is 6.92 Å². The lowest BCUT2D eigenvalue weighted by atomic mass is 9.95. The zero-order valence-corrected chi connectivity index (χ0v) is 15.9. The van der Waals surface area contributed by atoms with Gasteiger partial charge in [0.1, 0.15) is 0 Å². The molecule has 27 heavy (non-hydrogen) atoms. The first-order chi connectivity index (χ1) is 13.1. The molecule has 5 heteroatoms. The maximum atomic E-state index is 12.9. The minimum atomic E-state index is -0.127. The lowest BCUT2D eigenvalue weighted by molar-refractivity contribution is 0.102. The third kappa shape index (κ3) is 3.14. The van der Waals surface area contributed by atoms with Crippen LogP contribution in [0.5, 0.6) is 11.5 Å². The number of H-pyrrole nitrogens is 1. The summed E-state index contributed by atoms with van der Waals surface area (Å²) in [6, 6.07) is 9.53. The van der Waals surface area contributed by atoms with Crippen molar-refractivity contribution >= 4 is 22.5 Å². The lowest BCUT2D eigenvalue weighted by Crippen LogP contribution is -2.13. The van der Waals surface area contributed by atoms with Gasteiger partial charge in [-0.25, -0.2) is 0 Å². The van der Waals surface area contributed by atoms with Crippen LogP contribution >= 0.6 is 0 Å². The van der Waals surface area contributed by atoms with Crippen LogP contribution in [0.15, 0.2) is 30.3 Å². The molecule has 3 aromatic rings. The fourth-order valence-corrected chi connectivity index (χ4v) is 3.86. The molecule has 0 saturated heterocycles. The smallest absolute Gasteiger partial charge is 0.255 e. The summed E-state index contributed by atoms with van der Waals surface area (Å²) in [5.74, 6) is 1.11. The number of aromatic nitrogens is 1. The normalized spacial score (nSPS) is 13.3. The van der Waals surface area contributed by atoms with Gasteiger partial charge in [-0.3, -0.25) is 4.79 Å². The van der Waals surface area contributed by atoms with E-state index >= 15 is 0 Å². The summed E-state index contributed by atoms with van der Waals surface area (Å²) in [5.41, 5.74) is 6.09. The number of anilines is 1. The average Bonchev–Trinajstić information content (AvgIpc) is 3.07. The van der Waals surface area contributed by atoms with Gasteiger partial charge in [0.2, 0.25) is 0 Å². The van der Waals surface area contributed by atoms with Crippen LogP contribution in [0.2, 0.25) is 0 Å². The molecule has 1 amide bonds. The number of carbonyl (C=O) groups excluding carboxylic acids is 1. The Labute approximate surface area is 158 Å². The summed E-state index contributed by atoms with van der Waals surface area (Å²) in [7, 11) is 3.18. The van der Waals surface area contributed by atoms with Crippen LogP contribution in [0.4, 0.5) is 5.69 Å². The van der Waals surface area contributed by atoms with E-state index in [1.807, 2.05) is 31.2 Å². The number of amides is 1. The van der Waals surface area contributed by atoms with E-state index in [1.54, 1.807) is 20.3 Å². The van der Waals surface area contributed by atoms with Crippen molar-refractivity contribution in [3.63, 3.8) is 0 Å². The summed E-state index contributed by atoms with van der Waals surface area (Å²) in [5, 5.41) is 4.17. The summed E-state index contributed by atoms with van der Waals surface area (Å²) >= 11 is 0. The molecule has 4 rings (SSSR count). The summed E-state index contributed by atoms with van der Waals surface area (Å²) < 4.78 is 10.7. The number of benzene rings is 2. The molecule has 5 nitrogen and oxygen atoms in total. The largest absolute Gasteiger partial charge is 0.493 e. The number of rotatable bonds is 4. The summed E-state index contributed by atoms with van der Waals surface area (Å²) in [6.45, 7) is 1.93. The number of carbonyl (C=O) groups is 1. The van der Waals surface area contributed by atoms with Crippen molar-refractivity contribution in [2.75, 3.05) is 19.5 Å². The van der Waals surface area contributed by atoms with E-state index in [4.69, 9.17) is 9.47 Å². The molecule has 1 aliphatic carbocycles. The SMILES string of the molecule is COc1cc(C)c(NC(=O)c2ccc3[nH]c4c(c3c2)CCCC4)cc1OC. The predicted octanol–water partition coefficient (Wildman–Crippen LogP) is 4.62. The van der Waals surface area contributed by atoms with Crippen molar-refractivity contribution in [2.24, 2.45) is 0 Å². The average molecular weight is 364 g/mol. The fraction of sp³-hybridized carbons (Fsp3) is 0.318. The highest BCUT2D eigenvalue weighted by Gasteiger charge is 2.17. The van der Waals surface area contributed by atoms with Gasteiger partial charge in [0.05, 0.1) is 14.2 Å². The highest BCUT2D eigenvalue weighted by molar-refractivity contribution is 6.07. The second kappa shape index (κ2) is 6.99. The zero-order valence-electron chi connectivity index (χ0n) is 15.9. The number of methoxy groups -OCH3 is 2. The first-order valence-corrected chi connectivity index (χ1v) is 9.28. The van der Waals surface area contributed by atoms with Gasteiger partial charge in [-0.05, 0) is 68.0 Å². The Hall–Kier alpha value is -2.95. The van der Waals surface area contributed by atoms with E-state index in [1.165, 1.54) is 29.5 Å². The summed E-state index contributed by atoms with van der Waals surface area (Å²) in [4.78, 5) is 16.4. The number of hydrogen-bond donors (Lipinski definition) is 2. The second-order valence-electron chi connectivity index (χ2n) is 7.03. The number of nitrogens with one attached hydrogen (secondary N) is 2. The number of fused-ring (bicyclic) bond motifs is 3. The Morgan fingerprint density at radius 1 is 1.04 bits per heavy atom. The van der Waals surface area contributed by atoms with E-state index in [2.05, 4.69) is 10.3 Å². The van der Waals surface area contributed by atoms with Crippen molar-refractivity contribution in [3.05, 3.63) is 52.7 Å². The number of ether oxygens (including phenoxy) is 2. The molecular weight excluding hydrogens is 340 g/mol. The van der Waals surface area contributed by atoms with E-state index in [0.29, 0.717) is 22.7 Å². The standard InChI is InChI=1S/C22H24N2O3/c1-13-10-20(26-2)21(27-3)12-19(13)24-22(25)14-8-9-18-16(11-14)15-6-4-5-7-17(15)23-18/h8-12,23H,4-7H2,1-3H3,(H,24,25). The molecule has 1 aliphatic rings. The van der Waals surface area contributed by atoms with Gasteiger partial charge in [0, 0.05) is 33.9 Å². The molecule has 0 aliphatic heterocycles. The van der Waals surface area contributed by atoms with E-state index in [-0.39, 0.29) is 5.91 Å². The molecule has 0 saturated carbocycles. The number of aryl methyl sites for hydroxylation is 3. The van der Waals surface area contributed by atoms with Crippen molar-refractivity contribution in [1.82, 2.24) is 4.98 Å². The van der Waals surface area contributed by atoms with E-state index < -0.39 is 0 Å². The molecule has 0 unspecified atom stereocenters. The Bertz CT molecular complexity index is 1020. The van der Waals surface area contributed by atoms with Crippen LogP contribution in [0.1, 0.15) is 40.0 Å². The molecule has 0 atom stereocenters. The van der Waals surface area contributed by atoms with Gasteiger partial charge in [0.15, 0.2) is 11.5 Å². The van der Waals surface area contributed by atoms with Crippen molar-refractivity contribution in [1.29, 1.82) is 0 Å². The van der Waals surface area contributed by atoms with E-state index in [0.717, 1.165) is 23.9 Å². The van der Waals surface area contributed by atoms with Crippen LogP contribution in [0.25, 0.3) is 10.9 Å². The second-order valence-corrected chi connectivity index (χ2v) is 7.03. The predicted molar refractivity (Wildman–Crippen MR) is 107 cm³/mol. The van der Waals surface area contributed by atoms with Crippen LogP contribution in [-0.4, -0.2) is 25.1 Å².